The third kappa shape index (κ3) is 6.46. The number of rotatable bonds is 5. The predicted molar refractivity (Wildman–Crippen MR) is 163 cm³/mol. The SMILES string of the molecule is Cc1c(C(=O)N[C@H]2CCC[C@@H](C)C(=O)Nc3cc(NC(=O)C(C)O)ccc3-c3ccnc2c3)nnn1-c1cccc(Cl)c1F. The fourth-order valence-electron chi connectivity index (χ4n) is 4.99. The summed E-state index contributed by atoms with van der Waals surface area (Å²) in [6.45, 7) is 4.80. The number of pyridine rings is 1. The zero-order valence-corrected chi connectivity index (χ0v) is 25.0. The molecular weight excluding hydrogens is 589 g/mol. The van der Waals surface area contributed by atoms with Gasteiger partial charge in [0, 0.05) is 23.4 Å². The number of hydrogen-bond donors (Lipinski definition) is 4. The van der Waals surface area contributed by atoms with Gasteiger partial charge in [0.05, 0.1) is 28.1 Å². The number of benzene rings is 2. The van der Waals surface area contributed by atoms with E-state index in [2.05, 4.69) is 31.2 Å². The maximum atomic E-state index is 14.7. The molecule has 1 aliphatic heterocycles. The summed E-state index contributed by atoms with van der Waals surface area (Å²) >= 11 is 5.94. The number of carbonyl (C=O) groups is 3. The fraction of sp³-hybridized carbons (Fsp3) is 0.290. The molecule has 0 radical (unpaired) electrons. The number of fused-ring (bicyclic) bond motifs is 4. The topological polar surface area (TPSA) is 151 Å². The van der Waals surface area contributed by atoms with Crippen LogP contribution in [0.5, 0.6) is 0 Å². The van der Waals surface area contributed by atoms with Gasteiger partial charge in [0.2, 0.25) is 5.91 Å². The molecule has 4 aromatic rings. The summed E-state index contributed by atoms with van der Waals surface area (Å²) in [7, 11) is 0. The average Bonchev–Trinajstić information content (AvgIpc) is 3.38. The number of anilines is 2. The summed E-state index contributed by atoms with van der Waals surface area (Å²) in [6, 6.07) is 12.6. The lowest BCUT2D eigenvalue weighted by Crippen LogP contribution is -2.30. The molecule has 1 aliphatic rings. The van der Waals surface area contributed by atoms with E-state index in [0.29, 0.717) is 47.6 Å². The van der Waals surface area contributed by atoms with Gasteiger partial charge in [0.1, 0.15) is 11.8 Å². The number of aliphatic hydroxyl groups is 1. The van der Waals surface area contributed by atoms with Gasteiger partial charge in [-0.05, 0) is 68.7 Å². The van der Waals surface area contributed by atoms with E-state index in [1.165, 1.54) is 23.7 Å². The molecule has 228 valence electrons. The highest BCUT2D eigenvalue weighted by Crippen LogP contribution is 2.34. The molecular formula is C31H31ClFN7O4. The molecule has 1 unspecified atom stereocenters. The van der Waals surface area contributed by atoms with Crippen LogP contribution >= 0.6 is 11.6 Å². The molecule has 3 heterocycles. The van der Waals surface area contributed by atoms with E-state index in [-0.39, 0.29) is 28.2 Å². The van der Waals surface area contributed by atoms with E-state index in [4.69, 9.17) is 11.6 Å². The molecule has 13 heteroatoms. The van der Waals surface area contributed by atoms with Crippen LogP contribution < -0.4 is 16.0 Å². The van der Waals surface area contributed by atoms with Crippen molar-refractivity contribution in [1.82, 2.24) is 25.3 Å². The van der Waals surface area contributed by atoms with Gasteiger partial charge in [0.25, 0.3) is 11.8 Å². The lowest BCUT2D eigenvalue weighted by atomic mass is 9.95. The van der Waals surface area contributed by atoms with E-state index in [9.17, 15) is 23.9 Å². The van der Waals surface area contributed by atoms with Crippen molar-refractivity contribution in [3.63, 3.8) is 0 Å². The predicted octanol–water partition coefficient (Wildman–Crippen LogP) is 4.98. The average molecular weight is 620 g/mol. The molecule has 11 nitrogen and oxygen atoms in total. The van der Waals surface area contributed by atoms with Crippen molar-refractivity contribution in [2.45, 2.75) is 52.2 Å². The molecule has 2 aromatic carbocycles. The Morgan fingerprint density at radius 3 is 2.75 bits per heavy atom. The van der Waals surface area contributed by atoms with Gasteiger partial charge in [-0.1, -0.05) is 42.3 Å². The Labute approximate surface area is 257 Å². The van der Waals surface area contributed by atoms with Gasteiger partial charge in [0.15, 0.2) is 11.5 Å². The number of amides is 3. The maximum absolute atomic E-state index is 14.7. The van der Waals surface area contributed by atoms with Crippen LogP contribution in [0.25, 0.3) is 16.8 Å². The van der Waals surface area contributed by atoms with Gasteiger partial charge in [-0.15, -0.1) is 5.10 Å². The maximum Gasteiger partial charge on any atom is 0.274 e. The van der Waals surface area contributed by atoms with Crippen molar-refractivity contribution >= 4 is 40.7 Å². The molecule has 44 heavy (non-hydrogen) atoms. The normalized spacial score (nSPS) is 17.4. The zero-order valence-electron chi connectivity index (χ0n) is 24.3. The number of carbonyl (C=O) groups excluding carboxylic acids is 3. The second-order valence-corrected chi connectivity index (χ2v) is 11.2. The molecule has 2 aromatic heterocycles. The van der Waals surface area contributed by atoms with Gasteiger partial charge in [-0.3, -0.25) is 19.4 Å². The molecule has 0 aliphatic carbocycles. The van der Waals surface area contributed by atoms with E-state index >= 15 is 0 Å². The van der Waals surface area contributed by atoms with Crippen LogP contribution in [0.4, 0.5) is 15.8 Å². The third-order valence-corrected chi connectivity index (χ3v) is 7.82. The standard InChI is InChI=1S/C31H31ClFN7O4/c1-16-6-4-8-23(36-31(44)28-17(2)40(39-38-28)26-9-5-7-22(32)27(26)33)25-14-19(12-13-34-25)21-11-10-20(35-30(43)18(3)41)15-24(21)37-29(16)42/h5,7,9-16,18,23,41H,4,6,8H2,1-3H3,(H,35,43)(H,36,44)(H,37,42)/t16-,18?,23+/m1/s1. The molecule has 4 N–H and O–H groups in total. The first kappa shape index (κ1) is 30.8. The van der Waals surface area contributed by atoms with Crippen LogP contribution in [0, 0.1) is 18.7 Å². The van der Waals surface area contributed by atoms with Crippen LogP contribution in [0.3, 0.4) is 0 Å². The molecule has 0 spiro atoms. The smallest absolute Gasteiger partial charge is 0.274 e. The number of aliphatic hydroxyl groups excluding tert-OH is 1. The largest absolute Gasteiger partial charge is 0.384 e. The monoisotopic (exact) mass is 619 g/mol. The number of nitrogens with one attached hydrogen (secondary N) is 3. The van der Waals surface area contributed by atoms with E-state index in [0.717, 1.165) is 5.56 Å². The van der Waals surface area contributed by atoms with Gasteiger partial charge < -0.3 is 21.1 Å². The van der Waals surface area contributed by atoms with Crippen LogP contribution in [-0.2, 0) is 9.59 Å². The van der Waals surface area contributed by atoms with E-state index < -0.39 is 29.8 Å². The number of halogens is 2. The Hall–Kier alpha value is -4.68. The van der Waals surface area contributed by atoms with Crippen LogP contribution in [0.1, 0.15) is 61.0 Å². The first-order chi connectivity index (χ1) is 21.0. The summed E-state index contributed by atoms with van der Waals surface area (Å²) < 4.78 is 15.9. The lowest BCUT2D eigenvalue weighted by Gasteiger charge is -2.22. The van der Waals surface area contributed by atoms with Gasteiger partial charge in [-0.25, -0.2) is 9.07 Å². The molecule has 0 saturated carbocycles. The minimum absolute atomic E-state index is 0.0245. The van der Waals surface area contributed by atoms with Crippen molar-refractivity contribution in [3.8, 4) is 16.8 Å². The summed E-state index contributed by atoms with van der Waals surface area (Å²) in [5.74, 6) is -2.30. The molecule has 2 bridgehead atoms. The minimum atomic E-state index is -1.20. The zero-order chi connectivity index (χ0) is 31.5. The Bertz CT molecular complexity index is 1740. The summed E-state index contributed by atoms with van der Waals surface area (Å²) in [6.07, 6.45) is 2.05. The highest BCUT2D eigenvalue weighted by Gasteiger charge is 2.25. The summed E-state index contributed by atoms with van der Waals surface area (Å²) in [5, 5.41) is 26.2. The van der Waals surface area contributed by atoms with Crippen LogP contribution in [0.2, 0.25) is 5.02 Å². The molecule has 3 amide bonds. The number of nitrogens with zero attached hydrogens (tertiary/aromatic N) is 4. The first-order valence-electron chi connectivity index (χ1n) is 14.1. The third-order valence-electron chi connectivity index (χ3n) is 7.53. The number of aromatic nitrogens is 4. The van der Waals surface area contributed by atoms with Gasteiger partial charge in [-0.2, -0.15) is 0 Å². The molecule has 5 rings (SSSR count). The Kier molecular flexibility index (Phi) is 9.02. The second-order valence-electron chi connectivity index (χ2n) is 10.8. The Morgan fingerprint density at radius 1 is 1.18 bits per heavy atom. The Balaban J connectivity index is 1.48. The highest BCUT2D eigenvalue weighted by atomic mass is 35.5. The second kappa shape index (κ2) is 12.9. The quantitative estimate of drug-likeness (QED) is 0.246. The molecule has 0 saturated heterocycles. The summed E-state index contributed by atoms with van der Waals surface area (Å²) in [4.78, 5) is 43.3. The van der Waals surface area contributed by atoms with Crippen LogP contribution in [-0.4, -0.2) is 48.9 Å². The Morgan fingerprint density at radius 2 is 1.98 bits per heavy atom. The van der Waals surface area contributed by atoms with Crippen molar-refractivity contribution < 1.29 is 23.9 Å². The molecule has 0 fully saturated rings. The minimum Gasteiger partial charge on any atom is -0.384 e. The van der Waals surface area contributed by atoms with Crippen molar-refractivity contribution in [2.75, 3.05) is 10.6 Å². The van der Waals surface area contributed by atoms with Crippen LogP contribution in [0.15, 0.2) is 54.7 Å². The number of hydrogen-bond acceptors (Lipinski definition) is 7. The van der Waals surface area contributed by atoms with Crippen molar-refractivity contribution in [3.05, 3.63) is 82.6 Å². The fourth-order valence-corrected chi connectivity index (χ4v) is 5.16. The highest BCUT2D eigenvalue weighted by molar-refractivity contribution is 6.30. The molecule has 3 atom stereocenters. The van der Waals surface area contributed by atoms with E-state index in [1.807, 2.05) is 13.0 Å². The summed E-state index contributed by atoms with van der Waals surface area (Å²) in [5.41, 5.74) is 3.31. The van der Waals surface area contributed by atoms with Crippen molar-refractivity contribution in [1.29, 1.82) is 0 Å². The lowest BCUT2D eigenvalue weighted by molar-refractivity contribution is -0.123. The van der Waals surface area contributed by atoms with E-state index in [1.54, 1.807) is 43.5 Å². The van der Waals surface area contributed by atoms with Gasteiger partial charge >= 0.3 is 0 Å². The van der Waals surface area contributed by atoms with Crippen molar-refractivity contribution in [2.24, 2.45) is 5.92 Å². The first-order valence-corrected chi connectivity index (χ1v) is 14.5.